The van der Waals surface area contributed by atoms with Crippen LogP contribution in [0.2, 0.25) is 10.0 Å². The molecule has 0 aliphatic carbocycles. The third-order valence-electron chi connectivity index (χ3n) is 3.65. The molecule has 1 heterocycles. The minimum absolute atomic E-state index is 0.0648. The van der Waals surface area contributed by atoms with Gasteiger partial charge in [0.2, 0.25) is 0 Å². The summed E-state index contributed by atoms with van der Waals surface area (Å²) in [5.41, 5.74) is 0.825. The van der Waals surface area contributed by atoms with E-state index in [2.05, 4.69) is 4.52 Å². The topological polar surface area (TPSA) is 106 Å². The van der Waals surface area contributed by atoms with Crippen LogP contribution in [0.15, 0.2) is 42.2 Å². The molecule has 1 amide bonds. The van der Waals surface area contributed by atoms with Crippen LogP contribution in [0.25, 0.3) is 6.08 Å². The molecule has 1 saturated heterocycles. The molecule has 1 fully saturated rings. The van der Waals surface area contributed by atoms with Crippen molar-refractivity contribution in [3.05, 3.63) is 57.8 Å². The van der Waals surface area contributed by atoms with E-state index < -0.39 is 13.7 Å². The average Bonchev–Trinajstić information content (AvgIpc) is 2.91. The van der Waals surface area contributed by atoms with Crippen molar-refractivity contribution in [2.45, 2.75) is 0 Å². The number of amides is 1. The number of phosphoric acid groups is 1. The largest absolute Gasteiger partial charge is 0.524 e. The molecule has 0 bridgehead atoms. The Kier molecular flexibility index (Phi) is 6.19. The first-order valence-corrected chi connectivity index (χ1v) is 10.4. The van der Waals surface area contributed by atoms with Crippen LogP contribution in [-0.2, 0) is 14.1 Å². The number of rotatable bonds is 5. The zero-order valence-electron chi connectivity index (χ0n) is 14.5. The number of hydrogen-bond acceptors (Lipinski definition) is 6. The highest BCUT2D eigenvalue weighted by molar-refractivity contribution is 7.80. The highest BCUT2D eigenvalue weighted by Gasteiger charge is 2.35. The summed E-state index contributed by atoms with van der Waals surface area (Å²) < 4.78 is 25.9. The van der Waals surface area contributed by atoms with E-state index >= 15 is 0 Å². The van der Waals surface area contributed by atoms with Gasteiger partial charge in [-0.25, -0.2) is 9.46 Å². The number of methoxy groups -OCH3 is 1. The molecule has 152 valence electrons. The van der Waals surface area contributed by atoms with Crippen molar-refractivity contribution in [2.24, 2.45) is 0 Å². The molecule has 2 N–H and O–H groups in total. The Morgan fingerprint density at radius 1 is 1.17 bits per heavy atom. The summed E-state index contributed by atoms with van der Waals surface area (Å²) in [6.07, 6.45) is 1.34. The zero-order chi connectivity index (χ0) is 21.3. The molecule has 8 nitrogen and oxygen atoms in total. The van der Waals surface area contributed by atoms with Gasteiger partial charge in [0.25, 0.3) is 5.17 Å². The van der Waals surface area contributed by atoms with Gasteiger partial charge in [-0.2, -0.15) is 0 Å². The number of benzene rings is 2. The predicted molar refractivity (Wildman–Crippen MR) is 111 cm³/mol. The number of halogens is 2. The smallest absolute Gasteiger partial charge is 0.497 e. The Bertz CT molecular complexity index is 1040. The van der Waals surface area contributed by atoms with E-state index in [4.69, 9.17) is 54.7 Å². The summed E-state index contributed by atoms with van der Waals surface area (Å²) in [5, 5.41) is -0.384. The molecule has 0 radical (unpaired) electrons. The standard InChI is InChI=1S/C17H12Cl2NO7PS/c1-25-11-4-2-10(3-5-11)20-16(21)14(26-17(20)29)8-9-6-12(18)15(13(19)7-9)27-28(22,23)24/h2-8H,1H3,(H2,22,23,24)/b14-8-. The van der Waals surface area contributed by atoms with Crippen molar-refractivity contribution in [2.75, 3.05) is 12.0 Å². The highest BCUT2D eigenvalue weighted by atomic mass is 35.5. The maximum Gasteiger partial charge on any atom is 0.524 e. The second-order valence-corrected chi connectivity index (χ2v) is 7.94. The Balaban J connectivity index is 1.90. The van der Waals surface area contributed by atoms with E-state index in [1.807, 2.05) is 0 Å². The molecular formula is C17H12Cl2NO7PS. The molecular weight excluding hydrogens is 464 g/mol. The monoisotopic (exact) mass is 475 g/mol. The van der Waals surface area contributed by atoms with Crippen LogP contribution in [0.4, 0.5) is 5.69 Å². The van der Waals surface area contributed by atoms with Gasteiger partial charge in [0.05, 0.1) is 22.8 Å². The predicted octanol–water partition coefficient (Wildman–Crippen LogP) is 4.16. The maximum atomic E-state index is 12.7. The lowest BCUT2D eigenvalue weighted by Crippen LogP contribution is -2.27. The molecule has 0 atom stereocenters. The lowest BCUT2D eigenvalue weighted by molar-refractivity contribution is -0.114. The Morgan fingerprint density at radius 2 is 1.76 bits per heavy atom. The van der Waals surface area contributed by atoms with Crippen LogP contribution < -0.4 is 14.2 Å². The highest BCUT2D eigenvalue weighted by Crippen LogP contribution is 2.45. The fourth-order valence-electron chi connectivity index (χ4n) is 2.44. The van der Waals surface area contributed by atoms with Crippen LogP contribution in [0.5, 0.6) is 11.5 Å². The Hall–Kier alpha value is -2.13. The minimum atomic E-state index is -4.85. The molecule has 12 heteroatoms. The van der Waals surface area contributed by atoms with E-state index in [9.17, 15) is 9.36 Å². The fourth-order valence-corrected chi connectivity index (χ4v) is 3.84. The van der Waals surface area contributed by atoms with Crippen molar-refractivity contribution in [1.29, 1.82) is 0 Å². The van der Waals surface area contributed by atoms with E-state index in [1.54, 1.807) is 24.3 Å². The van der Waals surface area contributed by atoms with Gasteiger partial charge in [-0.3, -0.25) is 14.6 Å². The normalized spacial score (nSPS) is 15.6. The number of anilines is 1. The second-order valence-electron chi connectivity index (χ2n) is 5.61. The SMILES string of the molecule is COc1ccc(N2C(=O)/C(=C/c3cc(Cl)c(OP(=O)(O)O)c(Cl)c3)OC2=S)cc1. The first-order chi connectivity index (χ1) is 13.6. The van der Waals surface area contributed by atoms with Gasteiger partial charge < -0.3 is 14.0 Å². The lowest BCUT2D eigenvalue weighted by Gasteiger charge is -2.12. The molecule has 2 aromatic carbocycles. The third-order valence-corrected chi connectivity index (χ3v) is 4.90. The molecule has 0 saturated carbocycles. The number of phosphoric ester groups is 1. The summed E-state index contributed by atoms with van der Waals surface area (Å²) in [5.74, 6) is -0.354. The van der Waals surface area contributed by atoms with Gasteiger partial charge in [0.1, 0.15) is 5.75 Å². The van der Waals surface area contributed by atoms with Gasteiger partial charge in [-0.15, -0.1) is 0 Å². The number of hydrogen-bond donors (Lipinski definition) is 2. The molecule has 1 aliphatic heterocycles. The van der Waals surface area contributed by atoms with Crippen molar-refractivity contribution >= 4 is 66.1 Å². The van der Waals surface area contributed by atoms with Gasteiger partial charge >= 0.3 is 13.7 Å². The molecule has 0 spiro atoms. The summed E-state index contributed by atoms with van der Waals surface area (Å²) in [4.78, 5) is 31.8. The van der Waals surface area contributed by atoms with Crippen LogP contribution in [0, 0.1) is 0 Å². The molecule has 0 unspecified atom stereocenters. The molecule has 1 aliphatic rings. The van der Waals surface area contributed by atoms with Crippen LogP contribution in [-0.4, -0.2) is 28.0 Å². The number of carbonyl (C=O) groups excluding carboxylic acids is 1. The molecule has 2 aromatic rings. The summed E-state index contributed by atoms with van der Waals surface area (Å²) in [6.45, 7) is 0. The molecule has 3 rings (SSSR count). The van der Waals surface area contributed by atoms with Gasteiger partial charge in [0.15, 0.2) is 11.5 Å². The quantitative estimate of drug-likeness (QED) is 0.377. The molecule has 29 heavy (non-hydrogen) atoms. The number of carbonyl (C=O) groups is 1. The number of nitrogens with zero attached hydrogens (tertiary/aromatic N) is 1. The summed E-state index contributed by atoms with van der Waals surface area (Å²) >= 11 is 17.1. The van der Waals surface area contributed by atoms with Gasteiger partial charge in [-0.05, 0) is 60.3 Å². The number of ether oxygens (including phenoxy) is 2. The lowest BCUT2D eigenvalue weighted by atomic mass is 10.2. The van der Waals surface area contributed by atoms with E-state index in [1.165, 1.54) is 30.2 Å². The van der Waals surface area contributed by atoms with Crippen LogP contribution in [0.3, 0.4) is 0 Å². The van der Waals surface area contributed by atoms with Crippen LogP contribution >= 0.6 is 43.2 Å². The van der Waals surface area contributed by atoms with Crippen molar-refractivity contribution in [3.63, 3.8) is 0 Å². The van der Waals surface area contributed by atoms with Crippen molar-refractivity contribution in [1.82, 2.24) is 0 Å². The van der Waals surface area contributed by atoms with Crippen molar-refractivity contribution < 1.29 is 33.1 Å². The Morgan fingerprint density at radius 3 is 2.28 bits per heavy atom. The first kappa shape index (κ1) is 21.6. The first-order valence-electron chi connectivity index (χ1n) is 7.75. The fraction of sp³-hybridized carbons (Fsp3) is 0.0588. The summed E-state index contributed by atoms with van der Waals surface area (Å²) in [6, 6.07) is 9.26. The van der Waals surface area contributed by atoms with Crippen LogP contribution in [0.1, 0.15) is 5.56 Å². The second kappa shape index (κ2) is 8.31. The van der Waals surface area contributed by atoms with E-state index in [-0.39, 0.29) is 26.7 Å². The zero-order valence-corrected chi connectivity index (χ0v) is 17.8. The maximum absolute atomic E-state index is 12.7. The minimum Gasteiger partial charge on any atom is -0.497 e. The molecule has 0 aromatic heterocycles. The Labute approximate surface area is 180 Å². The third kappa shape index (κ3) is 4.90. The van der Waals surface area contributed by atoms with Gasteiger partial charge in [-0.1, -0.05) is 23.2 Å². The number of thiocarbonyl (C=S) groups is 1. The van der Waals surface area contributed by atoms with E-state index in [0.29, 0.717) is 17.0 Å². The average molecular weight is 476 g/mol. The van der Waals surface area contributed by atoms with Gasteiger partial charge in [0, 0.05) is 0 Å². The van der Waals surface area contributed by atoms with Crippen molar-refractivity contribution in [3.8, 4) is 11.5 Å². The van der Waals surface area contributed by atoms with E-state index in [0.717, 1.165) is 0 Å². The summed E-state index contributed by atoms with van der Waals surface area (Å²) in [7, 11) is -3.32.